The summed E-state index contributed by atoms with van der Waals surface area (Å²) in [4.78, 5) is 21.8. The Hall–Kier alpha value is -3.37. The first-order valence-corrected chi connectivity index (χ1v) is 9.85. The summed E-state index contributed by atoms with van der Waals surface area (Å²) >= 11 is 1.41. The minimum atomic E-state index is -0.925. The molecule has 10 heteroatoms. The number of aromatic nitrogens is 2. The van der Waals surface area contributed by atoms with Crippen LogP contribution in [0.25, 0.3) is 0 Å². The smallest absolute Gasteiger partial charge is 0.413 e. The highest BCUT2D eigenvalue weighted by Gasteiger charge is 2.19. The molecule has 1 amide bonds. The molecule has 0 spiro atoms. The van der Waals surface area contributed by atoms with Gasteiger partial charge in [0.2, 0.25) is 12.5 Å². The van der Waals surface area contributed by atoms with Crippen molar-refractivity contribution in [2.24, 2.45) is 0 Å². The maximum Gasteiger partial charge on any atom is 0.413 e. The van der Waals surface area contributed by atoms with Gasteiger partial charge in [-0.2, -0.15) is 4.98 Å². The van der Waals surface area contributed by atoms with Gasteiger partial charge in [-0.1, -0.05) is 0 Å². The van der Waals surface area contributed by atoms with E-state index >= 15 is 0 Å². The molecule has 0 bridgehead atoms. The molecule has 1 aliphatic heterocycles. The second-order valence-corrected chi connectivity index (χ2v) is 8.05. The number of thiophene rings is 1. The van der Waals surface area contributed by atoms with Crippen molar-refractivity contribution in [2.75, 3.05) is 6.79 Å². The third-order valence-corrected chi connectivity index (χ3v) is 5.48. The second kappa shape index (κ2) is 8.17. The van der Waals surface area contributed by atoms with Crippen LogP contribution in [-0.4, -0.2) is 28.0 Å². The lowest BCUT2D eigenvalue weighted by molar-refractivity contribution is 0.0825. The predicted octanol–water partition coefficient (Wildman–Crippen LogP) is 3.58. The highest BCUT2D eigenvalue weighted by molar-refractivity contribution is 7.12. The molecule has 0 aliphatic carbocycles. The summed E-state index contributed by atoms with van der Waals surface area (Å²) in [5, 5.41) is 12.7. The lowest BCUT2D eigenvalue weighted by atomic mass is 10.1. The zero-order valence-electron chi connectivity index (χ0n) is 16.2. The molecule has 0 unspecified atom stereocenters. The molecule has 0 fully saturated rings. The quantitative estimate of drug-likeness (QED) is 0.612. The average Bonchev–Trinajstić information content (AvgIpc) is 3.37. The number of aliphatic hydroxyl groups is 1. The topological polar surface area (TPSA) is 112 Å². The number of benzene rings is 1. The molecular formula is C20H19N3O6S. The predicted molar refractivity (Wildman–Crippen MR) is 107 cm³/mol. The molecule has 30 heavy (non-hydrogen) atoms. The number of nitrogens with one attached hydrogen (secondary N) is 1. The van der Waals surface area contributed by atoms with E-state index in [0.29, 0.717) is 17.2 Å². The van der Waals surface area contributed by atoms with Crippen LogP contribution in [0.15, 0.2) is 42.9 Å². The largest absolute Gasteiger partial charge is 0.454 e. The monoisotopic (exact) mass is 429 g/mol. The molecule has 0 saturated carbocycles. The fraction of sp³-hybridized carbons (Fsp3) is 0.250. The summed E-state index contributed by atoms with van der Waals surface area (Å²) in [5.74, 6) is 1.78. The van der Waals surface area contributed by atoms with E-state index < -0.39 is 11.7 Å². The van der Waals surface area contributed by atoms with Crippen LogP contribution in [-0.2, 0) is 12.1 Å². The summed E-state index contributed by atoms with van der Waals surface area (Å²) in [7, 11) is 0. The lowest BCUT2D eigenvalue weighted by Crippen LogP contribution is -2.26. The van der Waals surface area contributed by atoms with Gasteiger partial charge in [-0.05, 0) is 38.1 Å². The Balaban J connectivity index is 1.39. The van der Waals surface area contributed by atoms with Crippen molar-refractivity contribution in [3.8, 4) is 28.9 Å². The van der Waals surface area contributed by atoms with Crippen molar-refractivity contribution < 1.29 is 28.8 Å². The van der Waals surface area contributed by atoms with E-state index in [1.807, 2.05) is 12.1 Å². The second-order valence-electron chi connectivity index (χ2n) is 6.88. The number of ether oxygens (including phenoxy) is 4. The summed E-state index contributed by atoms with van der Waals surface area (Å²) in [6.45, 7) is 3.83. The van der Waals surface area contributed by atoms with Gasteiger partial charge in [0.15, 0.2) is 11.5 Å². The van der Waals surface area contributed by atoms with Crippen molar-refractivity contribution in [3.05, 3.63) is 52.6 Å². The zero-order valence-corrected chi connectivity index (χ0v) is 17.1. The highest BCUT2D eigenvalue weighted by atomic mass is 32.1. The van der Waals surface area contributed by atoms with Crippen molar-refractivity contribution >= 4 is 17.4 Å². The van der Waals surface area contributed by atoms with Crippen LogP contribution < -0.4 is 24.3 Å². The van der Waals surface area contributed by atoms with Crippen LogP contribution in [0.2, 0.25) is 0 Å². The normalized spacial score (nSPS) is 12.5. The molecule has 9 nitrogen and oxygen atoms in total. The van der Waals surface area contributed by atoms with E-state index in [1.165, 1.54) is 23.9 Å². The van der Waals surface area contributed by atoms with Crippen LogP contribution in [0.5, 0.6) is 28.9 Å². The first-order chi connectivity index (χ1) is 14.4. The van der Waals surface area contributed by atoms with Crippen LogP contribution in [0, 0.1) is 0 Å². The van der Waals surface area contributed by atoms with Crippen LogP contribution in [0.4, 0.5) is 4.79 Å². The highest BCUT2D eigenvalue weighted by Crippen LogP contribution is 2.37. The Bertz CT molecular complexity index is 1060. The average molecular weight is 429 g/mol. The molecule has 0 atom stereocenters. The summed E-state index contributed by atoms with van der Waals surface area (Å²) in [6.07, 6.45) is 1.95. The molecule has 0 radical (unpaired) electrons. The minimum absolute atomic E-state index is 0.0658. The maximum atomic E-state index is 12.2. The molecule has 156 valence electrons. The number of fused-ring (bicyclic) bond motifs is 1. The number of rotatable bonds is 6. The third-order valence-electron chi connectivity index (χ3n) is 4.08. The van der Waals surface area contributed by atoms with E-state index in [4.69, 9.17) is 18.9 Å². The van der Waals surface area contributed by atoms with Gasteiger partial charge < -0.3 is 29.4 Å². The summed E-state index contributed by atoms with van der Waals surface area (Å²) in [5.41, 5.74) is -0.925. The Morgan fingerprint density at radius 1 is 1.27 bits per heavy atom. The Morgan fingerprint density at radius 3 is 2.90 bits per heavy atom. The number of carbonyl (C=O) groups is 1. The molecule has 2 aromatic heterocycles. The Labute approximate surface area is 176 Å². The van der Waals surface area contributed by atoms with Crippen molar-refractivity contribution in [1.29, 1.82) is 0 Å². The van der Waals surface area contributed by atoms with Gasteiger partial charge >= 0.3 is 6.09 Å². The van der Waals surface area contributed by atoms with Crippen LogP contribution in [0.1, 0.15) is 23.6 Å². The molecule has 3 aromatic rings. The zero-order chi connectivity index (χ0) is 21.1. The number of hydrogen-bond acceptors (Lipinski definition) is 9. The third kappa shape index (κ3) is 4.61. The lowest BCUT2D eigenvalue weighted by Gasteiger charge is -2.14. The van der Waals surface area contributed by atoms with Gasteiger partial charge in [0.25, 0.3) is 5.88 Å². The summed E-state index contributed by atoms with van der Waals surface area (Å²) < 4.78 is 21.6. The van der Waals surface area contributed by atoms with E-state index in [2.05, 4.69) is 15.3 Å². The molecule has 1 aliphatic rings. The van der Waals surface area contributed by atoms with E-state index in [1.54, 1.807) is 32.0 Å². The maximum absolute atomic E-state index is 12.2. The standard InChI is InChI=1S/C20H19N3O6S/c1-20(2,25)17-6-4-13(30-17)8-22-19(24)29-16-9-21-10-23-18(16)28-12-3-5-14-15(7-12)27-11-26-14/h3-7,9-10,25H,8,11H2,1-2H3,(H,22,24). The molecule has 0 saturated heterocycles. The van der Waals surface area contributed by atoms with Crippen LogP contribution >= 0.6 is 11.3 Å². The van der Waals surface area contributed by atoms with Crippen molar-refractivity contribution in [1.82, 2.24) is 15.3 Å². The van der Waals surface area contributed by atoms with E-state index in [0.717, 1.165) is 9.75 Å². The molecule has 2 N–H and O–H groups in total. The summed E-state index contributed by atoms with van der Waals surface area (Å²) in [6, 6.07) is 8.74. The molecule has 1 aromatic carbocycles. The van der Waals surface area contributed by atoms with Gasteiger partial charge in [0.1, 0.15) is 12.1 Å². The van der Waals surface area contributed by atoms with E-state index in [-0.39, 0.29) is 25.0 Å². The molecule has 3 heterocycles. The number of nitrogens with zero attached hydrogens (tertiary/aromatic N) is 2. The van der Waals surface area contributed by atoms with Gasteiger partial charge in [0, 0.05) is 15.8 Å². The fourth-order valence-electron chi connectivity index (χ4n) is 2.60. The fourth-order valence-corrected chi connectivity index (χ4v) is 3.55. The Morgan fingerprint density at radius 2 is 2.10 bits per heavy atom. The first kappa shape index (κ1) is 19.9. The van der Waals surface area contributed by atoms with E-state index in [9.17, 15) is 9.90 Å². The molecule has 4 rings (SSSR count). The minimum Gasteiger partial charge on any atom is -0.454 e. The van der Waals surface area contributed by atoms with Crippen molar-refractivity contribution in [2.45, 2.75) is 26.0 Å². The van der Waals surface area contributed by atoms with Gasteiger partial charge in [-0.25, -0.2) is 9.78 Å². The number of amides is 1. The van der Waals surface area contributed by atoms with Gasteiger partial charge in [0.05, 0.1) is 18.3 Å². The number of hydrogen-bond donors (Lipinski definition) is 2. The van der Waals surface area contributed by atoms with Gasteiger partial charge in [-0.15, -0.1) is 11.3 Å². The molecular weight excluding hydrogens is 410 g/mol. The Kier molecular flexibility index (Phi) is 5.42. The van der Waals surface area contributed by atoms with Gasteiger partial charge in [-0.3, -0.25) is 0 Å². The first-order valence-electron chi connectivity index (χ1n) is 9.03. The number of carbonyl (C=O) groups excluding carboxylic acids is 1. The SMILES string of the molecule is CC(C)(O)c1ccc(CNC(=O)Oc2cncnc2Oc2ccc3c(c2)OCO3)s1. The van der Waals surface area contributed by atoms with Crippen LogP contribution in [0.3, 0.4) is 0 Å². The van der Waals surface area contributed by atoms with Crippen molar-refractivity contribution in [3.63, 3.8) is 0 Å².